The van der Waals surface area contributed by atoms with Gasteiger partial charge in [-0.15, -0.1) is 0 Å². The molecule has 0 aliphatic heterocycles. The molecule has 3 heteroatoms. The van der Waals surface area contributed by atoms with Gasteiger partial charge < -0.3 is 4.74 Å². The molecule has 0 aromatic carbocycles. The molecule has 0 aromatic heterocycles. The summed E-state index contributed by atoms with van der Waals surface area (Å²) in [4.78, 5) is 24.1. The van der Waals surface area contributed by atoms with E-state index in [4.69, 9.17) is 4.74 Å². The summed E-state index contributed by atoms with van der Waals surface area (Å²) < 4.78 is 5.51. The summed E-state index contributed by atoms with van der Waals surface area (Å²) in [5, 5.41) is 0. The molecule has 0 radical (unpaired) electrons. The van der Waals surface area contributed by atoms with E-state index in [-0.39, 0.29) is 17.3 Å². The molecule has 120 valence electrons. The first-order valence-corrected chi connectivity index (χ1v) is 8.36. The Morgan fingerprint density at radius 1 is 1.38 bits per heavy atom. The number of carbonyl (C=O) groups is 2. The van der Waals surface area contributed by atoms with E-state index in [1.54, 1.807) is 0 Å². The van der Waals surface area contributed by atoms with Crippen molar-refractivity contribution in [3.8, 4) is 0 Å². The van der Waals surface area contributed by atoms with Crippen LogP contribution in [0.15, 0.2) is 0 Å². The predicted molar refractivity (Wildman–Crippen MR) is 82.8 cm³/mol. The zero-order valence-electron chi connectivity index (χ0n) is 14.2. The predicted octanol–water partition coefficient (Wildman–Crippen LogP) is 4.00. The second kappa shape index (κ2) is 5.73. The van der Waals surface area contributed by atoms with E-state index in [0.717, 1.165) is 32.1 Å². The lowest BCUT2D eigenvalue weighted by molar-refractivity contribution is -0.155. The summed E-state index contributed by atoms with van der Waals surface area (Å²) in [5.41, 5.74) is -0.314. The van der Waals surface area contributed by atoms with E-state index < -0.39 is 5.41 Å². The fourth-order valence-corrected chi connectivity index (χ4v) is 4.44. The summed E-state index contributed by atoms with van der Waals surface area (Å²) in [6.45, 7) is 10.6. The van der Waals surface area contributed by atoms with Crippen LogP contribution in [0.3, 0.4) is 0 Å². The molecule has 21 heavy (non-hydrogen) atoms. The third kappa shape index (κ3) is 3.17. The van der Waals surface area contributed by atoms with Gasteiger partial charge in [-0.1, -0.05) is 13.8 Å². The minimum Gasteiger partial charge on any atom is -0.465 e. The van der Waals surface area contributed by atoms with Crippen molar-refractivity contribution >= 4 is 11.8 Å². The third-order valence-corrected chi connectivity index (χ3v) is 5.71. The molecule has 3 nitrogen and oxygen atoms in total. The zero-order valence-corrected chi connectivity index (χ0v) is 14.2. The summed E-state index contributed by atoms with van der Waals surface area (Å²) in [6.07, 6.45) is 5.06. The fraction of sp³-hybridized carbons (Fsp3) is 0.889. The lowest BCUT2D eigenvalue weighted by Gasteiger charge is -2.42. The number of ketones is 1. The smallest absolute Gasteiger partial charge is 0.311 e. The highest BCUT2D eigenvalue weighted by Gasteiger charge is 2.52. The highest BCUT2D eigenvalue weighted by molar-refractivity contribution is 5.83. The largest absolute Gasteiger partial charge is 0.465 e. The Balaban J connectivity index is 1.98. The molecule has 2 saturated carbocycles. The van der Waals surface area contributed by atoms with Crippen molar-refractivity contribution in [3.63, 3.8) is 0 Å². The number of hydrogen-bond acceptors (Lipinski definition) is 3. The topological polar surface area (TPSA) is 43.4 Å². The van der Waals surface area contributed by atoms with Crippen molar-refractivity contribution in [1.82, 2.24) is 0 Å². The summed E-state index contributed by atoms with van der Waals surface area (Å²) >= 11 is 0. The molecule has 0 spiro atoms. The van der Waals surface area contributed by atoms with E-state index >= 15 is 0 Å². The highest BCUT2D eigenvalue weighted by Crippen LogP contribution is 2.56. The van der Waals surface area contributed by atoms with Gasteiger partial charge in [0.15, 0.2) is 0 Å². The van der Waals surface area contributed by atoms with Crippen molar-refractivity contribution in [1.29, 1.82) is 0 Å². The number of hydrogen-bond donors (Lipinski definition) is 0. The van der Waals surface area contributed by atoms with E-state index in [2.05, 4.69) is 13.8 Å². The van der Waals surface area contributed by atoms with Gasteiger partial charge in [0.25, 0.3) is 0 Å². The van der Waals surface area contributed by atoms with E-state index in [9.17, 15) is 9.59 Å². The molecule has 2 aliphatic carbocycles. The second-order valence-electron chi connectivity index (χ2n) is 8.39. The van der Waals surface area contributed by atoms with E-state index in [1.807, 2.05) is 20.8 Å². The second-order valence-corrected chi connectivity index (χ2v) is 8.39. The molecule has 0 aromatic rings. The average Bonchev–Trinajstić information content (AvgIpc) is 2.73. The fourth-order valence-electron chi connectivity index (χ4n) is 4.44. The maximum Gasteiger partial charge on any atom is 0.311 e. The molecular formula is C18H30O3. The number of fused-ring (bicyclic) bond motifs is 1. The molecule has 2 aliphatic rings. The van der Waals surface area contributed by atoms with Gasteiger partial charge in [-0.25, -0.2) is 0 Å². The lowest BCUT2D eigenvalue weighted by atomic mass is 9.62. The molecule has 0 N–H and O–H groups in total. The quantitative estimate of drug-likeness (QED) is 0.739. The van der Waals surface area contributed by atoms with Crippen LogP contribution in [-0.4, -0.2) is 18.4 Å². The van der Waals surface area contributed by atoms with Crippen LogP contribution in [0, 0.1) is 28.6 Å². The Morgan fingerprint density at radius 3 is 2.67 bits per heavy atom. The maximum absolute atomic E-state index is 12.2. The molecule has 1 unspecified atom stereocenters. The highest BCUT2D eigenvalue weighted by atomic mass is 16.5. The number of carbonyl (C=O) groups excluding carboxylic acids is 2. The molecule has 2 fully saturated rings. The van der Waals surface area contributed by atoms with Crippen LogP contribution in [0.25, 0.3) is 0 Å². The van der Waals surface area contributed by atoms with Crippen molar-refractivity contribution in [3.05, 3.63) is 0 Å². The first-order chi connectivity index (χ1) is 9.66. The molecule has 0 saturated heterocycles. The minimum atomic E-state index is -0.442. The average molecular weight is 294 g/mol. The van der Waals surface area contributed by atoms with Crippen molar-refractivity contribution < 1.29 is 14.3 Å². The molecule has 0 bridgehead atoms. The first-order valence-electron chi connectivity index (χ1n) is 8.36. The molecular weight excluding hydrogens is 264 g/mol. The van der Waals surface area contributed by atoms with Crippen LogP contribution >= 0.6 is 0 Å². The third-order valence-electron chi connectivity index (χ3n) is 5.71. The number of Topliss-reactive ketones (excluding diaryl/α,β-unsaturated/α-hetero) is 1. The summed E-state index contributed by atoms with van der Waals surface area (Å²) in [6, 6.07) is 0. The standard InChI is InChI=1S/C18H30O3/c1-12(11-21-16(20)17(2,3)4)13-8-9-14-15(19)7-6-10-18(13,14)5/h12-14H,6-11H2,1-5H3/t12-,13-,14?,18-/m1/s1. The van der Waals surface area contributed by atoms with Crippen LogP contribution in [-0.2, 0) is 14.3 Å². The molecule has 0 amide bonds. The van der Waals surface area contributed by atoms with Gasteiger partial charge in [0, 0.05) is 12.3 Å². The summed E-state index contributed by atoms with van der Waals surface area (Å²) in [5.74, 6) is 1.41. The Bertz CT molecular complexity index is 421. The van der Waals surface area contributed by atoms with E-state index in [1.165, 1.54) is 0 Å². The van der Waals surface area contributed by atoms with Crippen LogP contribution in [0.1, 0.15) is 66.7 Å². The molecule has 2 rings (SSSR count). The van der Waals surface area contributed by atoms with Gasteiger partial charge in [0.1, 0.15) is 5.78 Å². The van der Waals surface area contributed by atoms with Crippen LogP contribution in [0.5, 0.6) is 0 Å². The number of rotatable bonds is 3. The number of esters is 1. The SMILES string of the molecule is C[C@H](COC(=O)C(C)(C)C)[C@H]1CCC2C(=O)CCC[C@@]21C. The monoisotopic (exact) mass is 294 g/mol. The molecule has 4 atom stereocenters. The normalized spacial score (nSPS) is 34.4. The van der Waals surface area contributed by atoms with Crippen LogP contribution in [0.2, 0.25) is 0 Å². The van der Waals surface area contributed by atoms with Gasteiger partial charge >= 0.3 is 5.97 Å². The molecule has 0 heterocycles. The maximum atomic E-state index is 12.2. The van der Waals surface area contributed by atoms with Gasteiger partial charge in [-0.05, 0) is 63.7 Å². The Labute approximate surface area is 128 Å². The van der Waals surface area contributed by atoms with Crippen LogP contribution < -0.4 is 0 Å². The van der Waals surface area contributed by atoms with E-state index in [0.29, 0.717) is 24.2 Å². The van der Waals surface area contributed by atoms with Crippen molar-refractivity contribution in [2.75, 3.05) is 6.61 Å². The summed E-state index contributed by atoms with van der Waals surface area (Å²) in [7, 11) is 0. The minimum absolute atomic E-state index is 0.128. The first kappa shape index (κ1) is 16.5. The van der Waals surface area contributed by atoms with Crippen molar-refractivity contribution in [2.24, 2.45) is 28.6 Å². The van der Waals surface area contributed by atoms with Gasteiger partial charge in [-0.2, -0.15) is 0 Å². The van der Waals surface area contributed by atoms with Gasteiger partial charge in [-0.3, -0.25) is 9.59 Å². The number of ether oxygens (including phenoxy) is 1. The van der Waals surface area contributed by atoms with Crippen molar-refractivity contribution in [2.45, 2.75) is 66.7 Å². The van der Waals surface area contributed by atoms with Crippen LogP contribution in [0.4, 0.5) is 0 Å². The lowest BCUT2D eigenvalue weighted by Crippen LogP contribution is -2.40. The Hall–Kier alpha value is -0.860. The zero-order chi connectivity index (χ0) is 15.8. The Kier molecular flexibility index (Phi) is 4.51. The Morgan fingerprint density at radius 2 is 2.05 bits per heavy atom. The van der Waals surface area contributed by atoms with Gasteiger partial charge in [0.05, 0.1) is 12.0 Å². The van der Waals surface area contributed by atoms with Gasteiger partial charge in [0.2, 0.25) is 0 Å².